The fraction of sp³-hybridized carbons (Fsp3) is 0. The predicted molar refractivity (Wildman–Crippen MR) is 48.7 cm³/mol. The topological polar surface area (TPSA) is 65.6 Å². The van der Waals surface area contributed by atoms with Gasteiger partial charge in [0.1, 0.15) is 5.52 Å². The largest absolute Gasteiger partial charge is 0.310 e. The summed E-state index contributed by atoms with van der Waals surface area (Å²) in [6.07, 6.45) is 0. The molecule has 3 rings (SSSR count). The van der Waals surface area contributed by atoms with E-state index in [1.807, 2.05) is 12.1 Å². The zero-order chi connectivity index (χ0) is 7.97. The molecule has 3 N–H and O–H groups in total. The zero-order valence-electron chi connectivity index (χ0n) is 5.96. The van der Waals surface area contributed by atoms with Gasteiger partial charge in [0.05, 0.1) is 29.0 Å². The molecule has 1 aromatic carbocycles. The normalized spacial score (nSPS) is 14.0. The highest BCUT2D eigenvalue weighted by atomic mass is 32.2. The molecule has 12 heavy (non-hydrogen) atoms. The van der Waals surface area contributed by atoms with Gasteiger partial charge in [-0.2, -0.15) is 0 Å². The van der Waals surface area contributed by atoms with Crippen molar-refractivity contribution in [3.63, 3.8) is 0 Å². The molecule has 0 radical (unpaired) electrons. The minimum Gasteiger partial charge on any atom is -0.310 e. The first kappa shape index (κ1) is 6.13. The smallest absolute Gasteiger partial charge is 0.115 e. The van der Waals surface area contributed by atoms with Crippen LogP contribution in [0.1, 0.15) is 0 Å². The highest BCUT2D eigenvalue weighted by Crippen LogP contribution is 2.34. The van der Waals surface area contributed by atoms with Gasteiger partial charge in [-0.05, 0) is 12.1 Å². The summed E-state index contributed by atoms with van der Waals surface area (Å²) >= 11 is 1.45. The third kappa shape index (κ3) is 0.696. The molecule has 0 spiro atoms. The Hall–Kier alpha value is -1.43. The van der Waals surface area contributed by atoms with E-state index < -0.39 is 0 Å². The van der Waals surface area contributed by atoms with E-state index in [9.17, 15) is 0 Å². The molecule has 0 amide bonds. The van der Waals surface area contributed by atoms with Crippen molar-refractivity contribution in [2.75, 3.05) is 9.44 Å². The van der Waals surface area contributed by atoms with Gasteiger partial charge in [-0.15, -0.1) is 5.10 Å². The van der Waals surface area contributed by atoms with Crippen LogP contribution in [0.5, 0.6) is 0 Å². The number of anilines is 2. The molecule has 2 heterocycles. The van der Waals surface area contributed by atoms with E-state index in [0.29, 0.717) is 0 Å². The Kier molecular flexibility index (Phi) is 1.04. The molecule has 0 fully saturated rings. The molecule has 5 nitrogen and oxygen atoms in total. The second kappa shape index (κ2) is 2.04. The van der Waals surface area contributed by atoms with Crippen LogP contribution in [-0.2, 0) is 0 Å². The SMILES string of the molecule is c1c2c(cc3[nH]nnc13)NSN2. The Balaban J connectivity index is 2.38. The van der Waals surface area contributed by atoms with Crippen LogP contribution < -0.4 is 9.44 Å². The lowest BCUT2D eigenvalue weighted by molar-refractivity contribution is 0.959. The van der Waals surface area contributed by atoms with Crippen LogP contribution in [0.15, 0.2) is 12.1 Å². The van der Waals surface area contributed by atoms with Gasteiger partial charge in [0.2, 0.25) is 0 Å². The quantitative estimate of drug-likeness (QED) is 0.533. The first-order valence-corrected chi connectivity index (χ1v) is 4.28. The summed E-state index contributed by atoms with van der Waals surface area (Å²) in [6.45, 7) is 0. The predicted octanol–water partition coefficient (Wildman–Crippen LogP) is 1.36. The van der Waals surface area contributed by atoms with E-state index >= 15 is 0 Å². The summed E-state index contributed by atoms with van der Waals surface area (Å²) in [6, 6.07) is 3.94. The van der Waals surface area contributed by atoms with Crippen molar-refractivity contribution in [1.29, 1.82) is 0 Å². The van der Waals surface area contributed by atoms with Crippen LogP contribution in [0.25, 0.3) is 11.0 Å². The molecular weight excluding hydrogens is 174 g/mol. The molecule has 60 valence electrons. The number of nitrogens with zero attached hydrogens (tertiary/aromatic N) is 2. The highest BCUT2D eigenvalue weighted by Gasteiger charge is 2.11. The molecule has 0 atom stereocenters. The van der Waals surface area contributed by atoms with Gasteiger partial charge in [-0.3, -0.25) is 5.10 Å². The number of rotatable bonds is 0. The summed E-state index contributed by atoms with van der Waals surface area (Å²) in [5, 5.41) is 10.4. The third-order valence-corrected chi connectivity index (χ3v) is 2.43. The Labute approximate surface area is 72.2 Å². The minimum atomic E-state index is 0.880. The molecule has 0 unspecified atom stereocenters. The zero-order valence-corrected chi connectivity index (χ0v) is 6.77. The van der Waals surface area contributed by atoms with E-state index in [0.717, 1.165) is 22.4 Å². The molecule has 0 saturated carbocycles. The van der Waals surface area contributed by atoms with Gasteiger partial charge < -0.3 is 9.44 Å². The summed E-state index contributed by atoms with van der Waals surface area (Å²) in [7, 11) is 0. The van der Waals surface area contributed by atoms with Crippen LogP contribution in [0.4, 0.5) is 11.4 Å². The van der Waals surface area contributed by atoms with Crippen LogP contribution in [0.3, 0.4) is 0 Å². The van der Waals surface area contributed by atoms with Crippen LogP contribution in [0, 0.1) is 0 Å². The maximum absolute atomic E-state index is 3.91. The average molecular weight is 179 g/mol. The number of H-pyrrole nitrogens is 1. The second-order valence-corrected chi connectivity index (χ2v) is 3.15. The van der Waals surface area contributed by atoms with Crippen LogP contribution in [0.2, 0.25) is 0 Å². The van der Waals surface area contributed by atoms with E-state index in [-0.39, 0.29) is 0 Å². The van der Waals surface area contributed by atoms with Crippen molar-refractivity contribution in [3.8, 4) is 0 Å². The number of fused-ring (bicyclic) bond motifs is 2. The molecular formula is C6H5N5S. The molecule has 1 aliphatic heterocycles. The van der Waals surface area contributed by atoms with Crippen molar-refractivity contribution in [2.24, 2.45) is 0 Å². The molecule has 6 heteroatoms. The van der Waals surface area contributed by atoms with E-state index in [2.05, 4.69) is 24.9 Å². The lowest BCUT2D eigenvalue weighted by Crippen LogP contribution is -1.77. The fourth-order valence-corrected chi connectivity index (χ4v) is 1.81. The highest BCUT2D eigenvalue weighted by molar-refractivity contribution is 8.02. The van der Waals surface area contributed by atoms with Gasteiger partial charge in [0, 0.05) is 0 Å². The average Bonchev–Trinajstić information content (AvgIpc) is 2.64. The lowest BCUT2D eigenvalue weighted by atomic mass is 10.2. The van der Waals surface area contributed by atoms with Crippen molar-refractivity contribution in [3.05, 3.63) is 12.1 Å². The maximum Gasteiger partial charge on any atom is 0.115 e. The van der Waals surface area contributed by atoms with Crippen molar-refractivity contribution < 1.29 is 0 Å². The minimum absolute atomic E-state index is 0.880. The summed E-state index contributed by atoms with van der Waals surface area (Å²) in [5.74, 6) is 0. The molecule has 0 saturated heterocycles. The Morgan fingerprint density at radius 1 is 1.17 bits per heavy atom. The van der Waals surface area contributed by atoms with Gasteiger partial charge in [-0.1, -0.05) is 5.21 Å². The molecule has 0 aliphatic carbocycles. The number of aromatic nitrogens is 3. The fourth-order valence-electron chi connectivity index (χ4n) is 1.20. The molecule has 0 bridgehead atoms. The van der Waals surface area contributed by atoms with E-state index in [4.69, 9.17) is 0 Å². The first-order valence-electron chi connectivity index (χ1n) is 3.46. The first-order chi connectivity index (χ1) is 5.93. The monoisotopic (exact) mass is 179 g/mol. The van der Waals surface area contributed by atoms with Crippen molar-refractivity contribution in [1.82, 2.24) is 15.4 Å². The number of nitrogens with one attached hydrogen (secondary N) is 3. The third-order valence-electron chi connectivity index (χ3n) is 1.79. The molecule has 1 aliphatic rings. The number of hydrogen-bond acceptors (Lipinski definition) is 5. The summed E-state index contributed by atoms with van der Waals surface area (Å²) in [5.41, 5.74) is 3.95. The molecule has 2 aromatic rings. The van der Waals surface area contributed by atoms with Crippen LogP contribution in [-0.4, -0.2) is 15.4 Å². The maximum atomic E-state index is 3.91. The van der Waals surface area contributed by atoms with Crippen molar-refractivity contribution in [2.45, 2.75) is 0 Å². The van der Waals surface area contributed by atoms with E-state index in [1.165, 1.54) is 12.1 Å². The second-order valence-electron chi connectivity index (χ2n) is 2.53. The van der Waals surface area contributed by atoms with E-state index in [1.54, 1.807) is 0 Å². The lowest BCUT2D eigenvalue weighted by Gasteiger charge is -1.94. The Morgan fingerprint density at radius 3 is 2.92 bits per heavy atom. The van der Waals surface area contributed by atoms with Gasteiger partial charge in [-0.25, -0.2) is 0 Å². The van der Waals surface area contributed by atoms with Gasteiger partial charge >= 0.3 is 0 Å². The van der Waals surface area contributed by atoms with Crippen molar-refractivity contribution >= 4 is 34.5 Å². The van der Waals surface area contributed by atoms with Crippen LogP contribution >= 0.6 is 12.1 Å². The Morgan fingerprint density at radius 2 is 2.00 bits per heavy atom. The standard InChI is InChI=1S/C6H5N5S/c1-3-4(8-11-7-3)2-6-5(1)9-12-10-6/h1-2,9-10H,(H,7,8,11). The summed E-state index contributed by atoms with van der Waals surface area (Å²) in [4.78, 5) is 0. The number of hydrogen-bond donors (Lipinski definition) is 3. The Bertz CT molecular complexity index is 398. The number of benzene rings is 1. The van der Waals surface area contributed by atoms with Gasteiger partial charge in [0.25, 0.3) is 0 Å². The number of aromatic amines is 1. The molecule has 1 aromatic heterocycles. The van der Waals surface area contributed by atoms with Gasteiger partial charge in [0.15, 0.2) is 0 Å². The summed E-state index contributed by atoms with van der Waals surface area (Å²) < 4.78 is 6.22.